The molecule has 0 bridgehead atoms. The van der Waals surface area contributed by atoms with E-state index in [0.717, 1.165) is 37.6 Å². The van der Waals surface area contributed by atoms with Crippen molar-refractivity contribution in [2.75, 3.05) is 19.6 Å². The molecule has 6 heteroatoms. The van der Waals surface area contributed by atoms with Crippen LogP contribution in [0.1, 0.15) is 26.5 Å². The van der Waals surface area contributed by atoms with Gasteiger partial charge in [0.05, 0.1) is 18.8 Å². The molecule has 2 aromatic rings. The Labute approximate surface area is 139 Å². The van der Waals surface area contributed by atoms with Crippen molar-refractivity contribution in [3.05, 3.63) is 46.0 Å². The van der Waals surface area contributed by atoms with Crippen molar-refractivity contribution in [2.24, 2.45) is 0 Å². The molecule has 1 aliphatic rings. The van der Waals surface area contributed by atoms with Gasteiger partial charge in [-0.3, -0.25) is 9.69 Å². The lowest BCUT2D eigenvalue weighted by Crippen LogP contribution is -2.30. The second-order valence-electron chi connectivity index (χ2n) is 5.45. The summed E-state index contributed by atoms with van der Waals surface area (Å²) in [7, 11) is 0. The number of hydrogen-bond donors (Lipinski definition) is 1. The van der Waals surface area contributed by atoms with E-state index in [2.05, 4.69) is 55.9 Å². The van der Waals surface area contributed by atoms with E-state index in [1.165, 1.54) is 11.1 Å². The number of carbonyl (C=O) groups is 1. The molecule has 0 spiro atoms. The molecule has 1 aromatic carbocycles. The minimum absolute atomic E-state index is 0.154. The fraction of sp³-hybridized carbons (Fsp3) is 0.353. The number of rotatable bonds is 3. The van der Waals surface area contributed by atoms with Gasteiger partial charge >= 0.3 is 0 Å². The number of amides is 1. The molecule has 1 aromatic heterocycles. The summed E-state index contributed by atoms with van der Waals surface area (Å²) in [6.07, 6.45) is 1.08. The maximum atomic E-state index is 11.9. The van der Waals surface area contributed by atoms with E-state index in [1.54, 1.807) is 6.92 Å². The maximum Gasteiger partial charge on any atom is 0.265 e. The Morgan fingerprint density at radius 3 is 2.96 bits per heavy atom. The smallest absolute Gasteiger partial charge is 0.265 e. The van der Waals surface area contributed by atoms with Gasteiger partial charge in [0.2, 0.25) is 0 Å². The van der Waals surface area contributed by atoms with Crippen molar-refractivity contribution in [1.29, 1.82) is 0 Å². The summed E-state index contributed by atoms with van der Waals surface area (Å²) < 4.78 is 3.75. The minimum Gasteiger partial charge on any atom is -0.340 e. The first kappa shape index (κ1) is 15.7. The third-order valence-corrected chi connectivity index (χ3v) is 4.66. The van der Waals surface area contributed by atoms with E-state index in [-0.39, 0.29) is 5.91 Å². The van der Waals surface area contributed by atoms with Crippen molar-refractivity contribution < 1.29 is 4.79 Å². The second-order valence-corrected chi connectivity index (χ2v) is 6.21. The lowest BCUT2D eigenvalue weighted by atomic mass is 10.0. The van der Waals surface area contributed by atoms with Crippen LogP contribution in [-0.2, 0) is 13.0 Å². The average Bonchev–Trinajstić information content (AvgIpc) is 3.00. The van der Waals surface area contributed by atoms with Crippen LogP contribution in [0.3, 0.4) is 0 Å². The topological polar surface area (TPSA) is 58.1 Å². The summed E-state index contributed by atoms with van der Waals surface area (Å²) in [5, 5.41) is 6.61. The molecule has 0 radical (unpaired) electrons. The van der Waals surface area contributed by atoms with Crippen molar-refractivity contribution in [1.82, 2.24) is 19.8 Å². The zero-order valence-electron chi connectivity index (χ0n) is 13.0. The van der Waals surface area contributed by atoms with Gasteiger partial charge in [0.1, 0.15) is 4.88 Å². The van der Waals surface area contributed by atoms with Crippen LogP contribution in [-0.4, -0.2) is 40.0 Å². The molecule has 0 fully saturated rings. The Kier molecular flexibility index (Phi) is 5.01. The van der Waals surface area contributed by atoms with Crippen LogP contribution in [0.25, 0.3) is 0 Å². The molecule has 0 aliphatic carbocycles. The van der Waals surface area contributed by atoms with Crippen molar-refractivity contribution in [3.63, 3.8) is 0 Å². The minimum atomic E-state index is -0.154. The number of benzene rings is 1. The molecule has 0 atom stereocenters. The van der Waals surface area contributed by atoms with Gasteiger partial charge in [0.15, 0.2) is 0 Å². The fourth-order valence-corrected chi connectivity index (χ4v) is 3.14. The van der Waals surface area contributed by atoms with Crippen LogP contribution in [0.15, 0.2) is 24.3 Å². The molecule has 1 amide bonds. The summed E-state index contributed by atoms with van der Waals surface area (Å²) in [6, 6.07) is 8.56. The SMILES string of the molecule is Cc1nnsc1C(=O)NCC#CCN1CCc2ccccc2C1. The quantitative estimate of drug-likeness (QED) is 0.871. The first-order chi connectivity index (χ1) is 11.2. The predicted octanol–water partition coefficient (Wildman–Crippen LogP) is 1.64. The molecule has 3 rings (SSSR count). The lowest BCUT2D eigenvalue weighted by Gasteiger charge is -2.26. The second kappa shape index (κ2) is 7.36. The highest BCUT2D eigenvalue weighted by molar-refractivity contribution is 7.07. The Hall–Kier alpha value is -2.23. The standard InChI is InChI=1S/C17H18N4OS/c1-13-16(23-20-19-13)17(22)18-9-4-5-10-21-11-8-14-6-2-3-7-15(14)12-21/h2-3,6-7H,8-12H2,1H3,(H,18,22). The largest absolute Gasteiger partial charge is 0.340 e. The van der Waals surface area contributed by atoms with Crippen molar-refractivity contribution in [3.8, 4) is 11.8 Å². The van der Waals surface area contributed by atoms with Crippen molar-refractivity contribution in [2.45, 2.75) is 19.9 Å². The van der Waals surface area contributed by atoms with Gasteiger partial charge in [-0.2, -0.15) is 0 Å². The molecular weight excluding hydrogens is 308 g/mol. The normalized spacial score (nSPS) is 13.8. The van der Waals surface area contributed by atoms with Gasteiger partial charge in [-0.15, -0.1) is 5.10 Å². The predicted molar refractivity (Wildman–Crippen MR) is 90.2 cm³/mol. The van der Waals surface area contributed by atoms with E-state index >= 15 is 0 Å². The zero-order valence-corrected chi connectivity index (χ0v) is 13.8. The number of nitrogens with one attached hydrogen (secondary N) is 1. The summed E-state index contributed by atoms with van der Waals surface area (Å²) in [4.78, 5) is 14.8. The van der Waals surface area contributed by atoms with E-state index in [4.69, 9.17) is 0 Å². The average molecular weight is 326 g/mol. The van der Waals surface area contributed by atoms with Gasteiger partial charge in [-0.25, -0.2) is 0 Å². The molecule has 1 N–H and O–H groups in total. The fourth-order valence-electron chi connectivity index (χ4n) is 2.56. The van der Waals surface area contributed by atoms with Crippen molar-refractivity contribution >= 4 is 17.4 Å². The lowest BCUT2D eigenvalue weighted by molar-refractivity contribution is 0.0962. The summed E-state index contributed by atoms with van der Waals surface area (Å²) >= 11 is 1.11. The highest BCUT2D eigenvalue weighted by Gasteiger charge is 2.14. The molecule has 1 aliphatic heterocycles. The molecule has 0 saturated carbocycles. The number of fused-ring (bicyclic) bond motifs is 1. The van der Waals surface area contributed by atoms with Gasteiger partial charge in [0.25, 0.3) is 5.91 Å². The molecule has 118 valence electrons. The van der Waals surface area contributed by atoms with Gasteiger partial charge in [-0.05, 0) is 36.0 Å². The number of aromatic nitrogens is 2. The third kappa shape index (κ3) is 3.95. The maximum absolute atomic E-state index is 11.9. The van der Waals surface area contributed by atoms with Gasteiger partial charge in [0, 0.05) is 13.1 Å². The van der Waals surface area contributed by atoms with Crippen LogP contribution in [0, 0.1) is 18.8 Å². The first-order valence-electron chi connectivity index (χ1n) is 7.56. The molecule has 2 heterocycles. The third-order valence-electron chi connectivity index (χ3n) is 3.83. The van der Waals surface area contributed by atoms with E-state index in [9.17, 15) is 4.79 Å². The van der Waals surface area contributed by atoms with E-state index < -0.39 is 0 Å². The number of nitrogens with zero attached hydrogens (tertiary/aromatic N) is 3. The van der Waals surface area contributed by atoms with Gasteiger partial charge < -0.3 is 5.32 Å². The molecule has 0 saturated heterocycles. The van der Waals surface area contributed by atoms with Crippen LogP contribution >= 0.6 is 11.5 Å². The van der Waals surface area contributed by atoms with Crippen LogP contribution in [0.5, 0.6) is 0 Å². The zero-order chi connectivity index (χ0) is 16.1. The number of aryl methyl sites for hydroxylation is 1. The first-order valence-corrected chi connectivity index (χ1v) is 8.33. The Balaban J connectivity index is 1.45. The van der Waals surface area contributed by atoms with Crippen LogP contribution in [0.2, 0.25) is 0 Å². The van der Waals surface area contributed by atoms with Crippen LogP contribution in [0.4, 0.5) is 0 Å². The number of hydrogen-bond acceptors (Lipinski definition) is 5. The Bertz CT molecular complexity index is 759. The highest BCUT2D eigenvalue weighted by Crippen LogP contribution is 2.17. The Morgan fingerprint density at radius 2 is 2.17 bits per heavy atom. The molecule has 5 nitrogen and oxygen atoms in total. The molecule has 0 unspecified atom stereocenters. The summed E-state index contributed by atoms with van der Waals surface area (Å²) in [6.45, 7) is 4.83. The van der Waals surface area contributed by atoms with E-state index in [0.29, 0.717) is 17.1 Å². The summed E-state index contributed by atoms with van der Waals surface area (Å²) in [5.41, 5.74) is 3.49. The summed E-state index contributed by atoms with van der Waals surface area (Å²) in [5.74, 6) is 5.99. The molecule has 23 heavy (non-hydrogen) atoms. The number of carbonyl (C=O) groups excluding carboxylic acids is 1. The van der Waals surface area contributed by atoms with Crippen LogP contribution < -0.4 is 5.32 Å². The highest BCUT2D eigenvalue weighted by atomic mass is 32.1. The van der Waals surface area contributed by atoms with E-state index in [1.807, 2.05) is 0 Å². The van der Waals surface area contributed by atoms with Gasteiger partial charge in [-0.1, -0.05) is 40.6 Å². The monoisotopic (exact) mass is 326 g/mol. The Morgan fingerprint density at radius 1 is 1.35 bits per heavy atom. The molecular formula is C17H18N4OS.